The Labute approximate surface area is 159 Å². The Bertz CT molecular complexity index is 756. The molecule has 1 amide bonds. The molecule has 5 nitrogen and oxygen atoms in total. The number of rotatable bonds is 5. The number of anilines is 2. The van der Waals surface area contributed by atoms with Gasteiger partial charge in [-0.2, -0.15) is 0 Å². The van der Waals surface area contributed by atoms with Crippen LogP contribution < -0.4 is 19.9 Å². The molecule has 3 rings (SSSR count). The van der Waals surface area contributed by atoms with Crippen molar-refractivity contribution < 1.29 is 14.4 Å². The van der Waals surface area contributed by atoms with Gasteiger partial charge in [-0.1, -0.05) is 29.3 Å². The number of likely N-dealkylation sites (N-methyl/N-ethyl adjacent to an activating group) is 1. The molecule has 0 bridgehead atoms. The molecule has 26 heavy (non-hydrogen) atoms. The molecule has 1 aliphatic heterocycles. The van der Waals surface area contributed by atoms with Crippen LogP contribution in [0.25, 0.3) is 0 Å². The Hall–Kier alpha value is -2.24. The third-order valence-electron chi connectivity index (χ3n) is 4.58. The van der Waals surface area contributed by atoms with Crippen LogP contribution in [0.15, 0.2) is 42.5 Å². The van der Waals surface area contributed by atoms with Gasteiger partial charge in [0.05, 0.1) is 43.9 Å². The summed E-state index contributed by atoms with van der Waals surface area (Å²) < 4.78 is 5.50. The minimum Gasteiger partial charge on any atom is -0.484 e. The van der Waals surface area contributed by atoms with E-state index in [9.17, 15) is 4.79 Å². The largest absolute Gasteiger partial charge is 0.484 e. The summed E-state index contributed by atoms with van der Waals surface area (Å²) in [6.07, 6.45) is 0. The van der Waals surface area contributed by atoms with E-state index in [-0.39, 0.29) is 12.5 Å². The van der Waals surface area contributed by atoms with Crippen molar-refractivity contribution in [3.63, 3.8) is 0 Å². The monoisotopic (exact) mass is 374 g/mol. The number of aryl methyl sites for hydroxylation is 1. The molecule has 2 N–H and O–H groups in total. The molecule has 0 atom stereocenters. The van der Waals surface area contributed by atoms with E-state index < -0.39 is 0 Å². The zero-order chi connectivity index (χ0) is 18.5. The van der Waals surface area contributed by atoms with Gasteiger partial charge in [-0.15, -0.1) is 0 Å². The number of halogens is 1. The zero-order valence-corrected chi connectivity index (χ0v) is 16.0. The first-order valence-electron chi connectivity index (χ1n) is 8.86. The number of benzene rings is 2. The van der Waals surface area contributed by atoms with Gasteiger partial charge in [-0.05, 0) is 37.3 Å². The van der Waals surface area contributed by atoms with E-state index in [1.54, 1.807) is 6.07 Å². The van der Waals surface area contributed by atoms with Crippen molar-refractivity contribution in [1.29, 1.82) is 0 Å². The summed E-state index contributed by atoms with van der Waals surface area (Å²) >= 11 is 6.44. The number of carbonyl (C=O) groups is 1. The maximum absolute atomic E-state index is 12.1. The fourth-order valence-electron chi connectivity index (χ4n) is 2.95. The predicted octanol–water partition coefficient (Wildman–Crippen LogP) is 2.00. The van der Waals surface area contributed by atoms with Crippen molar-refractivity contribution in [2.24, 2.45) is 0 Å². The molecule has 0 spiro atoms. The maximum atomic E-state index is 12.1. The van der Waals surface area contributed by atoms with Gasteiger partial charge in [0.15, 0.2) is 6.61 Å². The Morgan fingerprint density at radius 3 is 2.54 bits per heavy atom. The van der Waals surface area contributed by atoms with Crippen LogP contribution in [-0.2, 0) is 4.79 Å². The second kappa shape index (κ2) is 8.43. The van der Waals surface area contributed by atoms with Gasteiger partial charge in [0.1, 0.15) is 5.75 Å². The lowest BCUT2D eigenvalue weighted by Gasteiger charge is -2.32. The third kappa shape index (κ3) is 4.90. The number of nitrogens with zero attached hydrogens (tertiary/aromatic N) is 1. The smallest absolute Gasteiger partial charge is 0.262 e. The average Bonchev–Trinajstić information content (AvgIpc) is 2.62. The first-order chi connectivity index (χ1) is 12.5. The Morgan fingerprint density at radius 1 is 1.19 bits per heavy atom. The van der Waals surface area contributed by atoms with E-state index in [4.69, 9.17) is 16.3 Å². The average molecular weight is 375 g/mol. The number of hydrogen-bond acceptors (Lipinski definition) is 3. The van der Waals surface area contributed by atoms with Gasteiger partial charge in [-0.25, -0.2) is 0 Å². The van der Waals surface area contributed by atoms with Crippen molar-refractivity contribution in [2.45, 2.75) is 6.92 Å². The van der Waals surface area contributed by atoms with Crippen molar-refractivity contribution in [3.8, 4) is 5.75 Å². The Kier molecular flexibility index (Phi) is 6.01. The van der Waals surface area contributed by atoms with Gasteiger partial charge in [0, 0.05) is 5.69 Å². The van der Waals surface area contributed by atoms with Gasteiger partial charge < -0.3 is 19.9 Å². The van der Waals surface area contributed by atoms with Gasteiger partial charge in [0.25, 0.3) is 5.91 Å². The second-order valence-electron chi connectivity index (χ2n) is 6.76. The molecule has 1 aliphatic rings. The molecule has 2 aromatic rings. The SMILES string of the molecule is Cc1ccc(OCC(=O)Nc2ccc(N3CC[NH+](C)CC3)c(Cl)c2)cc1. The van der Waals surface area contributed by atoms with Crippen LogP contribution >= 0.6 is 11.6 Å². The molecule has 0 aromatic heterocycles. The standard InChI is InChI=1S/C20H24ClN3O2/c1-15-3-6-17(7-4-15)26-14-20(25)22-16-5-8-19(18(21)13-16)24-11-9-23(2)10-12-24/h3-8,13H,9-12,14H2,1-2H3,(H,22,25)/p+1. The third-order valence-corrected chi connectivity index (χ3v) is 4.88. The van der Waals surface area contributed by atoms with Crippen LogP contribution in [0.2, 0.25) is 5.02 Å². The molecule has 6 heteroatoms. The molecule has 1 saturated heterocycles. The van der Waals surface area contributed by atoms with Crippen LogP contribution in [-0.4, -0.2) is 45.7 Å². The molecule has 1 heterocycles. The first kappa shape index (κ1) is 18.5. The van der Waals surface area contributed by atoms with Crippen LogP contribution in [0, 0.1) is 6.92 Å². The van der Waals surface area contributed by atoms with Crippen LogP contribution in [0.1, 0.15) is 5.56 Å². The van der Waals surface area contributed by atoms with Crippen molar-refractivity contribution in [2.75, 3.05) is 50.1 Å². The molecule has 0 unspecified atom stereocenters. The lowest BCUT2D eigenvalue weighted by atomic mass is 10.2. The summed E-state index contributed by atoms with van der Waals surface area (Å²) in [6, 6.07) is 13.3. The van der Waals surface area contributed by atoms with E-state index in [1.165, 1.54) is 4.90 Å². The molecule has 2 aromatic carbocycles. The summed E-state index contributed by atoms with van der Waals surface area (Å²) in [7, 11) is 2.20. The Morgan fingerprint density at radius 2 is 1.88 bits per heavy atom. The summed E-state index contributed by atoms with van der Waals surface area (Å²) in [5, 5.41) is 3.49. The highest BCUT2D eigenvalue weighted by Gasteiger charge is 2.19. The first-order valence-corrected chi connectivity index (χ1v) is 9.24. The quantitative estimate of drug-likeness (QED) is 0.841. The number of amides is 1. The normalized spacial score (nSPS) is 15.0. The van der Waals surface area contributed by atoms with Crippen molar-refractivity contribution in [3.05, 3.63) is 53.1 Å². The van der Waals surface area contributed by atoms with Crippen LogP contribution in [0.4, 0.5) is 11.4 Å². The van der Waals surface area contributed by atoms with Crippen molar-refractivity contribution >= 4 is 28.9 Å². The van der Waals surface area contributed by atoms with E-state index in [0.717, 1.165) is 37.4 Å². The van der Waals surface area contributed by atoms with Crippen LogP contribution in [0.3, 0.4) is 0 Å². The molecule has 1 fully saturated rings. The summed E-state index contributed by atoms with van der Waals surface area (Å²) in [5.74, 6) is 0.467. The Balaban J connectivity index is 1.55. The van der Waals surface area contributed by atoms with Gasteiger partial charge in [-0.3, -0.25) is 4.79 Å². The van der Waals surface area contributed by atoms with Gasteiger partial charge in [0.2, 0.25) is 0 Å². The maximum Gasteiger partial charge on any atom is 0.262 e. The molecule has 0 radical (unpaired) electrons. The second-order valence-corrected chi connectivity index (χ2v) is 7.17. The van der Waals surface area contributed by atoms with E-state index in [1.807, 2.05) is 43.3 Å². The van der Waals surface area contributed by atoms with E-state index in [2.05, 4.69) is 17.3 Å². The number of quaternary nitrogens is 1. The van der Waals surface area contributed by atoms with Gasteiger partial charge >= 0.3 is 0 Å². The summed E-state index contributed by atoms with van der Waals surface area (Å²) in [4.78, 5) is 15.9. The topological polar surface area (TPSA) is 46.0 Å². The number of carbonyl (C=O) groups excluding carboxylic acids is 1. The molecular formula is C20H25ClN3O2+. The van der Waals surface area contributed by atoms with Crippen LogP contribution in [0.5, 0.6) is 5.75 Å². The van der Waals surface area contributed by atoms with E-state index in [0.29, 0.717) is 16.5 Å². The van der Waals surface area contributed by atoms with E-state index >= 15 is 0 Å². The number of nitrogens with one attached hydrogen (secondary N) is 2. The zero-order valence-electron chi connectivity index (χ0n) is 15.2. The predicted molar refractivity (Wildman–Crippen MR) is 106 cm³/mol. The molecular weight excluding hydrogens is 350 g/mol. The lowest BCUT2D eigenvalue weighted by Crippen LogP contribution is -3.12. The minimum absolute atomic E-state index is 0.0380. The highest BCUT2D eigenvalue weighted by Crippen LogP contribution is 2.29. The number of hydrogen-bond donors (Lipinski definition) is 2. The highest BCUT2D eigenvalue weighted by atomic mass is 35.5. The molecule has 138 valence electrons. The van der Waals surface area contributed by atoms with Crippen molar-refractivity contribution in [1.82, 2.24) is 0 Å². The summed E-state index contributed by atoms with van der Waals surface area (Å²) in [6.45, 7) is 6.15. The molecule has 0 saturated carbocycles. The summed E-state index contributed by atoms with van der Waals surface area (Å²) in [5.41, 5.74) is 2.85. The highest BCUT2D eigenvalue weighted by molar-refractivity contribution is 6.33. The number of piperazine rings is 1. The number of ether oxygens (including phenoxy) is 1. The fraction of sp³-hybridized carbons (Fsp3) is 0.350. The molecule has 0 aliphatic carbocycles. The minimum atomic E-state index is -0.211. The fourth-order valence-corrected chi connectivity index (χ4v) is 3.25. The lowest BCUT2D eigenvalue weighted by molar-refractivity contribution is -0.880.